The second-order valence-corrected chi connectivity index (χ2v) is 11.8. The summed E-state index contributed by atoms with van der Waals surface area (Å²) < 4.78 is 7.60. The van der Waals surface area contributed by atoms with Gasteiger partial charge in [-0.3, -0.25) is 4.79 Å². The maximum absolute atomic E-state index is 13.5. The highest BCUT2D eigenvalue weighted by Crippen LogP contribution is 2.28. The van der Waals surface area contributed by atoms with E-state index in [0.29, 0.717) is 23.8 Å². The van der Waals surface area contributed by atoms with E-state index in [1.54, 1.807) is 10.9 Å². The topological polar surface area (TPSA) is 59.4 Å². The number of rotatable bonds is 11. The highest BCUT2D eigenvalue weighted by molar-refractivity contribution is 7.99. The fraction of sp³-hybridized carbons (Fsp3) is 0.333. The zero-order chi connectivity index (χ0) is 27.7. The number of carbonyl (C=O) groups is 1. The van der Waals surface area contributed by atoms with Crippen LogP contribution in [0.4, 0.5) is 5.69 Å². The summed E-state index contributed by atoms with van der Waals surface area (Å²) in [6.07, 6.45) is 5.81. The normalized spacial score (nSPS) is 13.9. The van der Waals surface area contributed by atoms with Gasteiger partial charge in [0.05, 0.1) is 17.9 Å². The van der Waals surface area contributed by atoms with Crippen molar-refractivity contribution in [2.24, 2.45) is 5.92 Å². The van der Waals surface area contributed by atoms with Crippen LogP contribution in [0.3, 0.4) is 0 Å². The van der Waals surface area contributed by atoms with E-state index < -0.39 is 0 Å². The van der Waals surface area contributed by atoms with Crippen molar-refractivity contribution in [3.8, 4) is 22.7 Å². The molecule has 4 aromatic rings. The molecule has 5 rings (SSSR count). The monoisotopic (exact) mass is 554 g/mol. The molecule has 0 unspecified atom stereocenters. The number of ether oxygens (including phenoxy) is 1. The zero-order valence-corrected chi connectivity index (χ0v) is 24.2. The van der Waals surface area contributed by atoms with Gasteiger partial charge in [0.1, 0.15) is 11.4 Å². The van der Waals surface area contributed by atoms with Gasteiger partial charge >= 0.3 is 0 Å². The first-order valence-corrected chi connectivity index (χ1v) is 15.2. The van der Waals surface area contributed by atoms with Crippen LogP contribution in [0.25, 0.3) is 16.9 Å². The summed E-state index contributed by atoms with van der Waals surface area (Å²) in [6, 6.07) is 25.7. The molecule has 40 heavy (non-hydrogen) atoms. The van der Waals surface area contributed by atoms with Gasteiger partial charge in [0.25, 0.3) is 5.91 Å². The Kier molecular flexibility index (Phi) is 9.58. The van der Waals surface area contributed by atoms with Crippen molar-refractivity contribution in [1.82, 2.24) is 14.7 Å². The molecule has 2 heterocycles. The number of hydrogen-bond donors (Lipinski definition) is 1. The summed E-state index contributed by atoms with van der Waals surface area (Å²) in [7, 11) is 0. The highest BCUT2D eigenvalue weighted by atomic mass is 32.2. The molecule has 1 aliphatic rings. The smallest absolute Gasteiger partial charge is 0.259 e. The van der Waals surface area contributed by atoms with Crippen molar-refractivity contribution in [3.63, 3.8) is 0 Å². The second-order valence-electron chi connectivity index (χ2n) is 10.6. The van der Waals surface area contributed by atoms with Crippen molar-refractivity contribution in [2.45, 2.75) is 38.0 Å². The number of amides is 1. The lowest BCUT2D eigenvalue weighted by Gasteiger charge is -2.26. The standard InChI is InChI=1S/C33H38N4O2S/c1-25(2)24-39-29-15-11-26(12-16-29)32-31(23-37(35-32)28-9-5-3-6-10-28)33(38)34-27-13-17-30(18-14-27)40-22-21-36-19-7-4-8-20-36/h3,5-6,9-18,23,25H,4,7-8,19-22,24H2,1-2H3,(H,34,38). The maximum atomic E-state index is 13.5. The van der Waals surface area contributed by atoms with Gasteiger partial charge in [-0.15, -0.1) is 11.8 Å². The highest BCUT2D eigenvalue weighted by Gasteiger charge is 2.19. The van der Waals surface area contributed by atoms with Gasteiger partial charge in [0.2, 0.25) is 0 Å². The summed E-state index contributed by atoms with van der Waals surface area (Å²) in [4.78, 5) is 17.3. The van der Waals surface area contributed by atoms with Crippen LogP contribution in [0.15, 0.2) is 90.0 Å². The molecule has 7 heteroatoms. The third kappa shape index (κ3) is 7.55. The minimum Gasteiger partial charge on any atom is -0.493 e. The van der Waals surface area contributed by atoms with E-state index in [9.17, 15) is 4.79 Å². The van der Waals surface area contributed by atoms with E-state index >= 15 is 0 Å². The average molecular weight is 555 g/mol. The van der Waals surface area contributed by atoms with Crippen molar-refractivity contribution >= 4 is 23.4 Å². The van der Waals surface area contributed by atoms with Crippen LogP contribution in [0.5, 0.6) is 5.75 Å². The molecule has 6 nitrogen and oxygen atoms in total. The molecule has 208 valence electrons. The van der Waals surface area contributed by atoms with Crippen LogP contribution in [-0.2, 0) is 0 Å². The Labute approximate surface area is 241 Å². The second kappa shape index (κ2) is 13.7. The minimum absolute atomic E-state index is 0.192. The number of carbonyl (C=O) groups excluding carboxylic acids is 1. The summed E-state index contributed by atoms with van der Waals surface area (Å²) >= 11 is 1.87. The lowest BCUT2D eigenvalue weighted by molar-refractivity contribution is 0.102. The van der Waals surface area contributed by atoms with Crippen LogP contribution in [-0.4, -0.2) is 52.6 Å². The van der Waals surface area contributed by atoms with Crippen LogP contribution in [0.2, 0.25) is 0 Å². The SMILES string of the molecule is CC(C)COc1ccc(-c2nn(-c3ccccc3)cc2C(=O)Nc2ccc(SCCN3CCCCC3)cc2)cc1. The number of anilines is 1. The van der Waals surface area contributed by atoms with Crippen molar-refractivity contribution < 1.29 is 9.53 Å². The van der Waals surface area contributed by atoms with E-state index in [4.69, 9.17) is 9.84 Å². The number of hydrogen-bond acceptors (Lipinski definition) is 5. The number of aromatic nitrogens is 2. The molecule has 1 aliphatic heterocycles. The molecule has 1 saturated heterocycles. The first kappa shape index (κ1) is 28.0. The summed E-state index contributed by atoms with van der Waals surface area (Å²) in [5, 5.41) is 7.89. The Balaban J connectivity index is 1.29. The maximum Gasteiger partial charge on any atom is 0.259 e. The fourth-order valence-corrected chi connectivity index (χ4v) is 5.66. The molecule has 1 N–H and O–H groups in total. The van der Waals surface area contributed by atoms with Gasteiger partial charge in [-0.05, 0) is 92.5 Å². The number of nitrogens with one attached hydrogen (secondary N) is 1. The third-order valence-electron chi connectivity index (χ3n) is 6.93. The van der Waals surface area contributed by atoms with Gasteiger partial charge in [0.15, 0.2) is 0 Å². The van der Waals surface area contributed by atoms with Crippen LogP contribution < -0.4 is 10.1 Å². The Morgan fingerprint density at radius 3 is 2.38 bits per heavy atom. The Morgan fingerprint density at radius 2 is 1.68 bits per heavy atom. The predicted octanol–water partition coefficient (Wildman–Crippen LogP) is 7.40. The first-order chi connectivity index (χ1) is 19.5. The molecule has 1 amide bonds. The fourth-order valence-electron chi connectivity index (χ4n) is 4.75. The van der Waals surface area contributed by atoms with E-state index in [1.807, 2.05) is 78.5 Å². The lowest BCUT2D eigenvalue weighted by Crippen LogP contribution is -2.31. The zero-order valence-electron chi connectivity index (χ0n) is 23.4. The molecule has 3 aromatic carbocycles. The quantitative estimate of drug-likeness (QED) is 0.196. The number of thioether (sulfide) groups is 1. The molecular formula is C33H38N4O2S. The average Bonchev–Trinajstić information content (AvgIpc) is 3.44. The molecule has 1 fully saturated rings. The van der Waals surface area contributed by atoms with E-state index in [0.717, 1.165) is 35.0 Å². The third-order valence-corrected chi connectivity index (χ3v) is 7.92. The van der Waals surface area contributed by atoms with E-state index in [1.165, 1.54) is 37.2 Å². The summed E-state index contributed by atoms with van der Waals surface area (Å²) in [6.45, 7) is 8.49. The van der Waals surface area contributed by atoms with Crippen LogP contribution in [0.1, 0.15) is 43.5 Å². The van der Waals surface area contributed by atoms with Gasteiger partial charge in [-0.25, -0.2) is 4.68 Å². The van der Waals surface area contributed by atoms with Gasteiger partial charge in [-0.1, -0.05) is 38.5 Å². The molecule has 0 aliphatic carbocycles. The Morgan fingerprint density at radius 1 is 0.950 bits per heavy atom. The van der Waals surface area contributed by atoms with Gasteiger partial charge in [-0.2, -0.15) is 5.10 Å². The van der Waals surface area contributed by atoms with Crippen LogP contribution in [0, 0.1) is 5.92 Å². The van der Waals surface area contributed by atoms with Gasteiger partial charge in [0, 0.05) is 34.6 Å². The van der Waals surface area contributed by atoms with Crippen molar-refractivity contribution in [2.75, 3.05) is 37.3 Å². The molecule has 0 bridgehead atoms. The predicted molar refractivity (Wildman–Crippen MR) is 165 cm³/mol. The Hall–Kier alpha value is -3.55. The molecule has 0 radical (unpaired) electrons. The lowest BCUT2D eigenvalue weighted by atomic mass is 10.1. The number of benzene rings is 3. The molecule has 0 atom stereocenters. The van der Waals surface area contributed by atoms with Crippen LogP contribution >= 0.6 is 11.8 Å². The largest absolute Gasteiger partial charge is 0.493 e. The molecule has 0 saturated carbocycles. The van der Waals surface area contributed by atoms with Gasteiger partial charge < -0.3 is 15.0 Å². The number of piperidine rings is 1. The van der Waals surface area contributed by atoms with E-state index in [-0.39, 0.29) is 5.91 Å². The Bertz CT molecular complexity index is 1360. The van der Waals surface area contributed by atoms with Crippen molar-refractivity contribution in [1.29, 1.82) is 0 Å². The first-order valence-electron chi connectivity index (χ1n) is 14.2. The number of para-hydroxylation sites is 1. The van der Waals surface area contributed by atoms with E-state index in [2.05, 4.69) is 36.2 Å². The molecule has 1 aromatic heterocycles. The summed E-state index contributed by atoms with van der Waals surface area (Å²) in [5.74, 6) is 2.14. The molecule has 0 spiro atoms. The molecular weight excluding hydrogens is 516 g/mol. The summed E-state index contributed by atoms with van der Waals surface area (Å²) in [5.41, 5.74) is 3.66. The number of likely N-dealkylation sites (tertiary alicyclic amines) is 1. The number of nitrogens with zero attached hydrogens (tertiary/aromatic N) is 3. The minimum atomic E-state index is -0.192. The van der Waals surface area contributed by atoms with Crippen molar-refractivity contribution in [3.05, 3.63) is 90.6 Å².